The van der Waals surface area contributed by atoms with Crippen molar-refractivity contribution in [3.63, 3.8) is 0 Å². The van der Waals surface area contributed by atoms with E-state index in [-0.39, 0.29) is 31.7 Å². The molecule has 0 spiro atoms. The molecule has 2 heterocycles. The summed E-state index contributed by atoms with van der Waals surface area (Å²) in [5, 5.41) is 19.6. The molecule has 7 nitrogen and oxygen atoms in total. The van der Waals surface area contributed by atoms with E-state index < -0.39 is 26.1 Å². The second-order valence-electron chi connectivity index (χ2n) is 8.90. The van der Waals surface area contributed by atoms with Crippen LogP contribution in [-0.4, -0.2) is 81.2 Å². The lowest BCUT2D eigenvalue weighted by Gasteiger charge is -2.19. The van der Waals surface area contributed by atoms with Crippen molar-refractivity contribution in [3.8, 4) is 0 Å². The van der Waals surface area contributed by atoms with Gasteiger partial charge in [0.1, 0.15) is 25.1 Å². The Kier molecular flexibility index (Phi) is 8.45. The van der Waals surface area contributed by atoms with Crippen LogP contribution in [-0.2, 0) is 23.7 Å². The normalized spacial score (nSPS) is 31.5. The first-order chi connectivity index (χ1) is 12.6. The number of rotatable bonds is 12. The zero-order valence-corrected chi connectivity index (χ0v) is 18.2. The Morgan fingerprint density at radius 3 is 2.48 bits per heavy atom. The molecule has 158 valence electrons. The maximum Gasteiger partial charge on any atom is 0.163 e. The van der Waals surface area contributed by atoms with Gasteiger partial charge >= 0.3 is 0 Å². The molecule has 2 saturated heterocycles. The fraction of sp³-hybridized carbons (Fsp3) is 0.895. The molecule has 2 aliphatic heterocycles. The van der Waals surface area contributed by atoms with Gasteiger partial charge in [0.05, 0.1) is 25.4 Å². The lowest BCUT2D eigenvalue weighted by atomic mass is 10.0. The van der Waals surface area contributed by atoms with Crippen LogP contribution in [0.4, 0.5) is 0 Å². The van der Waals surface area contributed by atoms with Crippen molar-refractivity contribution in [1.82, 2.24) is 0 Å². The van der Waals surface area contributed by atoms with Crippen molar-refractivity contribution < 1.29 is 33.9 Å². The van der Waals surface area contributed by atoms with Crippen LogP contribution < -0.4 is 0 Å². The maximum atomic E-state index is 10.5. The highest BCUT2D eigenvalue weighted by Gasteiger charge is 2.49. The molecule has 0 radical (unpaired) electrons. The molecule has 0 bridgehead atoms. The molecule has 0 unspecified atom stereocenters. The summed E-state index contributed by atoms with van der Waals surface area (Å²) in [6.07, 6.45) is 2.29. The van der Waals surface area contributed by atoms with Crippen molar-refractivity contribution >= 4 is 8.07 Å². The molecule has 2 N–H and O–H groups in total. The molecule has 5 atom stereocenters. The van der Waals surface area contributed by atoms with E-state index in [1.807, 2.05) is 13.8 Å². The highest BCUT2D eigenvalue weighted by Crippen LogP contribution is 2.36. The maximum absolute atomic E-state index is 10.5. The van der Waals surface area contributed by atoms with Gasteiger partial charge in [0.25, 0.3) is 0 Å². The van der Waals surface area contributed by atoms with Gasteiger partial charge in [-0.1, -0.05) is 31.8 Å². The molecule has 0 aromatic heterocycles. The number of aliphatic hydroxyl groups is 2. The molecule has 0 aromatic rings. The Labute approximate surface area is 163 Å². The van der Waals surface area contributed by atoms with E-state index in [1.165, 1.54) is 0 Å². The molecular formula is C19H36O7Si. The van der Waals surface area contributed by atoms with Gasteiger partial charge in [0, 0.05) is 21.1 Å². The Morgan fingerprint density at radius 2 is 1.85 bits per heavy atom. The predicted octanol–water partition coefficient (Wildman–Crippen LogP) is 1.90. The second-order valence-corrected chi connectivity index (χ2v) is 14.5. The smallest absolute Gasteiger partial charge is 0.163 e. The van der Waals surface area contributed by atoms with Gasteiger partial charge in [-0.25, -0.2) is 0 Å². The van der Waals surface area contributed by atoms with Crippen LogP contribution in [0.1, 0.15) is 20.3 Å². The van der Waals surface area contributed by atoms with Crippen molar-refractivity contribution in [1.29, 1.82) is 0 Å². The lowest BCUT2D eigenvalue weighted by Crippen LogP contribution is -2.35. The summed E-state index contributed by atoms with van der Waals surface area (Å²) in [5.74, 6) is -0.755. The summed E-state index contributed by atoms with van der Waals surface area (Å²) >= 11 is 0. The molecular weight excluding hydrogens is 368 g/mol. The number of ether oxygens (including phenoxy) is 5. The molecule has 0 aliphatic carbocycles. The summed E-state index contributed by atoms with van der Waals surface area (Å²) < 4.78 is 28.0. The number of hydrogen-bond donors (Lipinski definition) is 2. The van der Waals surface area contributed by atoms with Crippen LogP contribution in [0.15, 0.2) is 12.2 Å². The third kappa shape index (κ3) is 8.29. The average Bonchev–Trinajstić information content (AvgIpc) is 3.23. The SMILES string of the molecule is CC1(C)O[C@@H]([C@@H](O)/C=C/COCOCC[Si](C)(C)C)[C@@H](C[C@@H]2O[C@@H]2CO)O1. The quantitative estimate of drug-likeness (QED) is 0.169. The summed E-state index contributed by atoms with van der Waals surface area (Å²) in [4.78, 5) is 0. The van der Waals surface area contributed by atoms with E-state index in [0.29, 0.717) is 13.0 Å². The Balaban J connectivity index is 1.68. The van der Waals surface area contributed by atoms with Crippen LogP contribution in [0, 0.1) is 0 Å². The third-order valence-corrected chi connectivity index (χ3v) is 6.30. The highest BCUT2D eigenvalue weighted by molar-refractivity contribution is 6.76. The Hall–Kier alpha value is -0.323. The Morgan fingerprint density at radius 1 is 1.11 bits per heavy atom. The second kappa shape index (κ2) is 9.93. The molecule has 0 aromatic carbocycles. The third-order valence-electron chi connectivity index (χ3n) is 4.60. The molecule has 2 rings (SSSR count). The van der Waals surface area contributed by atoms with Gasteiger partial charge in [-0.3, -0.25) is 0 Å². The zero-order chi connectivity index (χ0) is 20.1. The molecule has 27 heavy (non-hydrogen) atoms. The van der Waals surface area contributed by atoms with Gasteiger partial charge in [-0.15, -0.1) is 0 Å². The molecule has 0 amide bonds. The molecule has 2 fully saturated rings. The number of epoxide rings is 1. The van der Waals surface area contributed by atoms with Crippen molar-refractivity contribution in [2.24, 2.45) is 0 Å². The summed E-state index contributed by atoms with van der Waals surface area (Å²) in [7, 11) is -1.07. The Bertz CT molecular complexity index is 477. The predicted molar refractivity (Wildman–Crippen MR) is 104 cm³/mol. The van der Waals surface area contributed by atoms with E-state index >= 15 is 0 Å². The fourth-order valence-electron chi connectivity index (χ4n) is 3.03. The minimum absolute atomic E-state index is 0.00606. The van der Waals surface area contributed by atoms with Crippen molar-refractivity contribution in [3.05, 3.63) is 12.2 Å². The van der Waals surface area contributed by atoms with Gasteiger partial charge < -0.3 is 33.9 Å². The number of aliphatic hydroxyl groups excluding tert-OH is 2. The minimum atomic E-state index is -1.07. The molecule has 8 heteroatoms. The van der Waals surface area contributed by atoms with Crippen LogP contribution >= 0.6 is 0 Å². The summed E-state index contributed by atoms with van der Waals surface area (Å²) in [6, 6.07) is 1.11. The van der Waals surface area contributed by atoms with Gasteiger partial charge in [-0.2, -0.15) is 0 Å². The van der Waals surface area contributed by atoms with Gasteiger partial charge in [-0.05, 0) is 19.9 Å². The van der Waals surface area contributed by atoms with Crippen LogP contribution in [0.2, 0.25) is 25.7 Å². The largest absolute Gasteiger partial charge is 0.394 e. The first-order valence-corrected chi connectivity index (χ1v) is 13.4. The fourth-order valence-corrected chi connectivity index (χ4v) is 3.78. The number of hydrogen-bond acceptors (Lipinski definition) is 7. The van der Waals surface area contributed by atoms with Crippen LogP contribution in [0.5, 0.6) is 0 Å². The van der Waals surface area contributed by atoms with E-state index in [2.05, 4.69) is 19.6 Å². The first-order valence-electron chi connectivity index (χ1n) is 9.73. The van der Waals surface area contributed by atoms with Crippen LogP contribution in [0.25, 0.3) is 0 Å². The standard InChI is InChI=1S/C19H36O7Si/c1-19(2)25-16(11-15-17(12-20)24-15)18(26-19)14(21)7-6-8-22-13-23-9-10-27(3,4)5/h6-7,14-18,20-21H,8-13H2,1-5H3/b7-6+/t14-,15-,16+,17+,18-/m0/s1. The van der Waals surface area contributed by atoms with E-state index in [4.69, 9.17) is 28.8 Å². The van der Waals surface area contributed by atoms with Crippen molar-refractivity contribution in [2.45, 2.75) is 82.3 Å². The monoisotopic (exact) mass is 404 g/mol. The first kappa shape index (κ1) is 23.0. The van der Waals surface area contributed by atoms with Gasteiger partial charge in [0.2, 0.25) is 0 Å². The van der Waals surface area contributed by atoms with E-state index in [0.717, 1.165) is 12.7 Å². The van der Waals surface area contributed by atoms with Crippen molar-refractivity contribution in [2.75, 3.05) is 26.6 Å². The van der Waals surface area contributed by atoms with Crippen LogP contribution in [0.3, 0.4) is 0 Å². The van der Waals surface area contributed by atoms with Gasteiger partial charge in [0.15, 0.2) is 5.79 Å². The van der Waals surface area contributed by atoms with E-state index in [9.17, 15) is 5.11 Å². The van der Waals surface area contributed by atoms with E-state index in [1.54, 1.807) is 12.2 Å². The minimum Gasteiger partial charge on any atom is -0.394 e. The topological polar surface area (TPSA) is 89.9 Å². The zero-order valence-electron chi connectivity index (χ0n) is 17.2. The summed E-state index contributed by atoms with van der Waals surface area (Å²) in [5.41, 5.74) is 0. The lowest BCUT2D eigenvalue weighted by molar-refractivity contribution is -0.153. The highest BCUT2D eigenvalue weighted by atomic mass is 28.3. The summed E-state index contributed by atoms with van der Waals surface area (Å²) in [6.45, 7) is 11.9. The molecule has 2 aliphatic rings. The average molecular weight is 405 g/mol. The molecule has 0 saturated carbocycles.